The molecule has 0 atom stereocenters. The van der Waals surface area contributed by atoms with E-state index in [1.807, 2.05) is 0 Å². The summed E-state index contributed by atoms with van der Waals surface area (Å²) in [7, 11) is 0. The molecule has 0 aliphatic carbocycles. The maximum atomic E-state index is 11.5. The molecule has 2 aromatic heterocycles. The summed E-state index contributed by atoms with van der Waals surface area (Å²) in [6.07, 6.45) is 4.15. The highest BCUT2D eigenvalue weighted by Crippen LogP contribution is 2.06. The van der Waals surface area contributed by atoms with Crippen LogP contribution >= 0.6 is 0 Å². The van der Waals surface area contributed by atoms with Crippen LogP contribution in [0.25, 0.3) is 0 Å². The van der Waals surface area contributed by atoms with E-state index in [-0.39, 0.29) is 17.8 Å². The summed E-state index contributed by atoms with van der Waals surface area (Å²) in [5.74, 6) is -1.11. The van der Waals surface area contributed by atoms with Crippen LogP contribution in [0.5, 0.6) is 0 Å². The molecule has 0 fully saturated rings. The summed E-state index contributed by atoms with van der Waals surface area (Å²) >= 11 is 0. The van der Waals surface area contributed by atoms with Crippen molar-refractivity contribution in [1.82, 2.24) is 14.5 Å². The normalized spacial score (nSPS) is 10.1. The van der Waals surface area contributed by atoms with Gasteiger partial charge in [0.2, 0.25) is 0 Å². The van der Waals surface area contributed by atoms with Crippen molar-refractivity contribution in [3.8, 4) is 0 Å². The van der Waals surface area contributed by atoms with Crippen LogP contribution in [0.2, 0.25) is 0 Å². The number of nitrogens with zero attached hydrogens (tertiary/aromatic N) is 3. The predicted octanol–water partition coefficient (Wildman–Crippen LogP) is 0.385. The van der Waals surface area contributed by atoms with Gasteiger partial charge in [0.15, 0.2) is 5.69 Å². The molecule has 0 bridgehead atoms. The Kier molecular flexibility index (Phi) is 2.95. The first kappa shape index (κ1) is 11.0. The first-order valence-electron chi connectivity index (χ1n) is 4.86. The SMILES string of the molecule is O=C(O)c1ncccc1Cn1cnccc1=O. The molecule has 0 saturated heterocycles. The summed E-state index contributed by atoms with van der Waals surface area (Å²) in [6.45, 7) is 0.141. The van der Waals surface area contributed by atoms with Gasteiger partial charge in [-0.25, -0.2) is 14.8 Å². The minimum Gasteiger partial charge on any atom is -0.477 e. The van der Waals surface area contributed by atoms with Crippen molar-refractivity contribution < 1.29 is 9.90 Å². The van der Waals surface area contributed by atoms with Crippen LogP contribution in [0, 0.1) is 0 Å². The van der Waals surface area contributed by atoms with Gasteiger partial charge in [0.1, 0.15) is 0 Å². The molecule has 0 spiro atoms. The van der Waals surface area contributed by atoms with Gasteiger partial charge in [-0.3, -0.25) is 9.36 Å². The van der Waals surface area contributed by atoms with E-state index in [0.29, 0.717) is 5.56 Å². The van der Waals surface area contributed by atoms with Gasteiger partial charge in [-0.2, -0.15) is 0 Å². The lowest BCUT2D eigenvalue weighted by molar-refractivity contribution is 0.0689. The fourth-order valence-electron chi connectivity index (χ4n) is 1.44. The molecular formula is C11H9N3O3. The molecule has 0 saturated carbocycles. The minimum atomic E-state index is -1.11. The zero-order valence-electron chi connectivity index (χ0n) is 8.78. The maximum absolute atomic E-state index is 11.5. The topological polar surface area (TPSA) is 85.1 Å². The molecule has 86 valence electrons. The van der Waals surface area contributed by atoms with E-state index >= 15 is 0 Å². The first-order chi connectivity index (χ1) is 8.18. The minimum absolute atomic E-state index is 0.0525. The summed E-state index contributed by atoms with van der Waals surface area (Å²) in [5.41, 5.74) is 0.179. The number of aromatic carboxylic acids is 1. The Morgan fingerprint density at radius 3 is 2.88 bits per heavy atom. The van der Waals surface area contributed by atoms with Gasteiger partial charge in [0.05, 0.1) is 12.9 Å². The number of pyridine rings is 1. The van der Waals surface area contributed by atoms with Crippen molar-refractivity contribution in [3.05, 3.63) is 58.5 Å². The van der Waals surface area contributed by atoms with Gasteiger partial charge in [-0.05, 0) is 6.07 Å². The zero-order chi connectivity index (χ0) is 12.3. The van der Waals surface area contributed by atoms with Crippen molar-refractivity contribution in [3.63, 3.8) is 0 Å². The molecular weight excluding hydrogens is 222 g/mol. The second-order valence-electron chi connectivity index (χ2n) is 3.36. The third-order valence-corrected chi connectivity index (χ3v) is 2.23. The second kappa shape index (κ2) is 4.56. The standard InChI is InChI=1S/C11H9N3O3/c15-9-3-5-12-7-14(9)6-8-2-1-4-13-10(8)11(16)17/h1-5,7H,6H2,(H,16,17). The maximum Gasteiger partial charge on any atom is 0.354 e. The van der Waals surface area contributed by atoms with Crippen molar-refractivity contribution >= 4 is 5.97 Å². The lowest BCUT2D eigenvalue weighted by Gasteiger charge is -2.06. The molecule has 6 heteroatoms. The molecule has 0 aromatic carbocycles. The molecule has 0 unspecified atom stereocenters. The van der Waals surface area contributed by atoms with Crippen LogP contribution in [-0.4, -0.2) is 25.6 Å². The Morgan fingerprint density at radius 1 is 1.35 bits per heavy atom. The predicted molar refractivity (Wildman–Crippen MR) is 58.8 cm³/mol. The number of rotatable bonds is 3. The summed E-state index contributed by atoms with van der Waals surface area (Å²) in [6, 6.07) is 4.57. The van der Waals surface area contributed by atoms with Gasteiger partial charge in [-0.1, -0.05) is 6.07 Å². The van der Waals surface area contributed by atoms with E-state index in [1.54, 1.807) is 12.1 Å². The lowest BCUT2D eigenvalue weighted by atomic mass is 10.2. The van der Waals surface area contributed by atoms with Gasteiger partial charge >= 0.3 is 5.97 Å². The summed E-state index contributed by atoms with van der Waals surface area (Å²) < 4.78 is 1.32. The number of carboxylic acid groups (broad SMARTS) is 1. The molecule has 0 amide bonds. The third-order valence-electron chi connectivity index (χ3n) is 2.23. The number of aromatic nitrogens is 3. The molecule has 2 aromatic rings. The van der Waals surface area contributed by atoms with E-state index in [4.69, 9.17) is 5.11 Å². The number of carbonyl (C=O) groups is 1. The van der Waals surface area contributed by atoms with Crippen LogP contribution in [0.15, 0.2) is 41.7 Å². The Balaban J connectivity index is 2.40. The highest BCUT2D eigenvalue weighted by Gasteiger charge is 2.11. The van der Waals surface area contributed by atoms with E-state index < -0.39 is 5.97 Å². The van der Waals surface area contributed by atoms with Crippen molar-refractivity contribution in [2.45, 2.75) is 6.54 Å². The Labute approximate surface area is 96.2 Å². The lowest BCUT2D eigenvalue weighted by Crippen LogP contribution is -2.21. The molecule has 0 aliphatic rings. The van der Waals surface area contributed by atoms with E-state index in [1.165, 1.54) is 29.4 Å². The summed E-state index contributed by atoms with van der Waals surface area (Å²) in [4.78, 5) is 30.0. The average molecular weight is 231 g/mol. The van der Waals surface area contributed by atoms with Crippen molar-refractivity contribution in [2.75, 3.05) is 0 Å². The Bertz CT molecular complexity index is 607. The largest absolute Gasteiger partial charge is 0.477 e. The molecule has 6 nitrogen and oxygen atoms in total. The van der Waals surface area contributed by atoms with Crippen LogP contribution in [0.3, 0.4) is 0 Å². The molecule has 0 radical (unpaired) electrons. The quantitative estimate of drug-likeness (QED) is 0.825. The van der Waals surface area contributed by atoms with Crippen LogP contribution in [0.4, 0.5) is 0 Å². The zero-order valence-corrected chi connectivity index (χ0v) is 8.78. The molecule has 2 rings (SSSR count). The van der Waals surface area contributed by atoms with Crippen molar-refractivity contribution in [2.24, 2.45) is 0 Å². The first-order valence-corrected chi connectivity index (χ1v) is 4.86. The molecule has 2 heterocycles. The van der Waals surface area contributed by atoms with Gasteiger partial charge in [0, 0.05) is 24.0 Å². The third kappa shape index (κ3) is 2.36. The molecule has 17 heavy (non-hydrogen) atoms. The van der Waals surface area contributed by atoms with E-state index in [0.717, 1.165) is 0 Å². The number of hydrogen-bond donors (Lipinski definition) is 1. The highest BCUT2D eigenvalue weighted by molar-refractivity contribution is 5.86. The monoisotopic (exact) mass is 231 g/mol. The van der Waals surface area contributed by atoms with Gasteiger partial charge < -0.3 is 5.11 Å². The van der Waals surface area contributed by atoms with Crippen LogP contribution in [-0.2, 0) is 6.54 Å². The average Bonchev–Trinajstić information content (AvgIpc) is 2.32. The smallest absolute Gasteiger partial charge is 0.354 e. The number of carboxylic acids is 1. The Morgan fingerprint density at radius 2 is 2.18 bits per heavy atom. The van der Waals surface area contributed by atoms with Crippen LogP contribution < -0.4 is 5.56 Å². The highest BCUT2D eigenvalue weighted by atomic mass is 16.4. The molecule has 1 N–H and O–H groups in total. The number of hydrogen-bond acceptors (Lipinski definition) is 4. The Hall–Kier alpha value is -2.50. The molecule has 0 aliphatic heterocycles. The fourth-order valence-corrected chi connectivity index (χ4v) is 1.44. The summed E-state index contributed by atoms with van der Waals surface area (Å²) in [5, 5.41) is 8.95. The van der Waals surface area contributed by atoms with E-state index in [9.17, 15) is 9.59 Å². The van der Waals surface area contributed by atoms with Crippen LogP contribution in [0.1, 0.15) is 16.1 Å². The van der Waals surface area contributed by atoms with Crippen molar-refractivity contribution in [1.29, 1.82) is 0 Å². The fraction of sp³-hybridized carbons (Fsp3) is 0.0909. The van der Waals surface area contributed by atoms with Gasteiger partial charge in [-0.15, -0.1) is 0 Å². The van der Waals surface area contributed by atoms with Gasteiger partial charge in [0.25, 0.3) is 5.56 Å². The van der Waals surface area contributed by atoms with E-state index in [2.05, 4.69) is 9.97 Å². The second-order valence-corrected chi connectivity index (χ2v) is 3.36.